The summed E-state index contributed by atoms with van der Waals surface area (Å²) < 4.78 is 25.7. The van der Waals surface area contributed by atoms with Crippen LogP contribution in [0.2, 0.25) is 5.02 Å². The molecule has 170 valence electrons. The predicted molar refractivity (Wildman–Crippen MR) is 135 cm³/mol. The molecule has 3 aromatic carbocycles. The fourth-order valence-corrected chi connectivity index (χ4v) is 5.73. The van der Waals surface area contributed by atoms with Gasteiger partial charge in [0, 0.05) is 0 Å². The first-order valence-corrected chi connectivity index (χ1v) is 13.2. The molecule has 1 aromatic heterocycles. The molecule has 33 heavy (non-hydrogen) atoms. The molecule has 0 radical (unpaired) electrons. The summed E-state index contributed by atoms with van der Waals surface area (Å²) in [6.45, 7) is 3.67. The number of hydrogen-bond donors (Lipinski definition) is 0. The maximum absolute atomic E-state index is 13.4. The highest BCUT2D eigenvalue weighted by Crippen LogP contribution is 2.34. The van der Waals surface area contributed by atoms with Gasteiger partial charge in [0.2, 0.25) is 5.91 Å². The van der Waals surface area contributed by atoms with Crippen molar-refractivity contribution in [2.75, 3.05) is 4.90 Å². The van der Waals surface area contributed by atoms with Crippen molar-refractivity contribution in [2.24, 2.45) is 0 Å². The SMILES string of the molecule is CC(C)S(=O)(=O)c1ccc(CC(=O)N(Cc2ccccc2)c2nc3c(Cl)cccc3s2)cc1. The van der Waals surface area contributed by atoms with E-state index in [0.29, 0.717) is 22.2 Å². The van der Waals surface area contributed by atoms with Crippen molar-refractivity contribution in [1.29, 1.82) is 0 Å². The molecule has 0 aliphatic heterocycles. The Balaban J connectivity index is 1.64. The van der Waals surface area contributed by atoms with Crippen LogP contribution in [0.3, 0.4) is 0 Å². The zero-order valence-corrected chi connectivity index (χ0v) is 20.6. The van der Waals surface area contributed by atoms with E-state index in [-0.39, 0.29) is 17.2 Å². The Morgan fingerprint density at radius 1 is 0.970 bits per heavy atom. The molecule has 0 aliphatic rings. The van der Waals surface area contributed by atoms with E-state index < -0.39 is 15.1 Å². The highest BCUT2D eigenvalue weighted by Gasteiger charge is 2.22. The molecule has 0 saturated heterocycles. The predicted octanol–water partition coefficient (Wildman–Crippen LogP) is 5.91. The van der Waals surface area contributed by atoms with E-state index in [2.05, 4.69) is 4.98 Å². The molecule has 1 amide bonds. The molecule has 0 spiro atoms. The van der Waals surface area contributed by atoms with Crippen LogP contribution in [0, 0.1) is 0 Å². The maximum atomic E-state index is 13.4. The molecule has 0 saturated carbocycles. The Bertz CT molecular complexity index is 1380. The summed E-state index contributed by atoms with van der Waals surface area (Å²) in [5.74, 6) is -0.131. The summed E-state index contributed by atoms with van der Waals surface area (Å²) in [7, 11) is -3.36. The number of halogens is 1. The van der Waals surface area contributed by atoms with Crippen LogP contribution < -0.4 is 4.90 Å². The van der Waals surface area contributed by atoms with Crippen LogP contribution in [-0.4, -0.2) is 24.6 Å². The van der Waals surface area contributed by atoms with Gasteiger partial charge in [0.05, 0.1) is 32.8 Å². The zero-order chi connectivity index (χ0) is 23.6. The van der Waals surface area contributed by atoms with Gasteiger partial charge in [-0.2, -0.15) is 0 Å². The highest BCUT2D eigenvalue weighted by atomic mass is 35.5. The number of benzene rings is 3. The van der Waals surface area contributed by atoms with E-state index in [4.69, 9.17) is 11.6 Å². The minimum absolute atomic E-state index is 0.124. The molecule has 0 unspecified atom stereocenters. The molecule has 0 aliphatic carbocycles. The van der Waals surface area contributed by atoms with Crippen molar-refractivity contribution in [3.8, 4) is 0 Å². The fraction of sp³-hybridized carbons (Fsp3) is 0.200. The molecule has 1 heterocycles. The fourth-order valence-electron chi connectivity index (χ4n) is 3.39. The van der Waals surface area contributed by atoms with Gasteiger partial charge in [-0.3, -0.25) is 9.69 Å². The lowest BCUT2D eigenvalue weighted by atomic mass is 10.1. The number of thiazole rings is 1. The molecule has 0 N–H and O–H groups in total. The molecule has 0 fully saturated rings. The van der Waals surface area contributed by atoms with E-state index >= 15 is 0 Å². The van der Waals surface area contributed by atoms with E-state index in [1.54, 1.807) is 49.1 Å². The largest absolute Gasteiger partial charge is 0.283 e. The second-order valence-corrected chi connectivity index (χ2v) is 11.9. The van der Waals surface area contributed by atoms with Crippen LogP contribution in [0.5, 0.6) is 0 Å². The summed E-state index contributed by atoms with van der Waals surface area (Å²) in [4.78, 5) is 20.0. The molecular weight excluding hydrogens is 476 g/mol. The third-order valence-corrected chi connectivity index (χ3v) is 8.82. The average molecular weight is 499 g/mol. The van der Waals surface area contributed by atoms with Gasteiger partial charge in [0.1, 0.15) is 5.52 Å². The Hall–Kier alpha value is -2.74. The first-order valence-electron chi connectivity index (χ1n) is 10.5. The molecule has 5 nitrogen and oxygen atoms in total. The minimum atomic E-state index is -3.36. The number of aromatic nitrogens is 1. The number of fused-ring (bicyclic) bond motifs is 1. The van der Waals surface area contributed by atoms with Gasteiger partial charge >= 0.3 is 0 Å². The smallest absolute Gasteiger partial charge is 0.233 e. The van der Waals surface area contributed by atoms with Crippen LogP contribution in [0.4, 0.5) is 5.13 Å². The maximum Gasteiger partial charge on any atom is 0.233 e. The molecular formula is C25H23ClN2O3S2. The van der Waals surface area contributed by atoms with E-state index in [1.807, 2.05) is 42.5 Å². The van der Waals surface area contributed by atoms with Crippen LogP contribution in [0.25, 0.3) is 10.2 Å². The second kappa shape index (κ2) is 9.63. The number of nitrogens with zero attached hydrogens (tertiary/aromatic N) is 2. The number of carbonyl (C=O) groups is 1. The zero-order valence-electron chi connectivity index (χ0n) is 18.2. The van der Waals surface area contributed by atoms with Crippen molar-refractivity contribution >= 4 is 54.0 Å². The summed E-state index contributed by atoms with van der Waals surface area (Å²) >= 11 is 7.73. The topological polar surface area (TPSA) is 67.3 Å². The van der Waals surface area contributed by atoms with Gasteiger partial charge in [0.15, 0.2) is 15.0 Å². The number of hydrogen-bond acceptors (Lipinski definition) is 5. The lowest BCUT2D eigenvalue weighted by Gasteiger charge is -2.20. The molecule has 4 rings (SSSR count). The minimum Gasteiger partial charge on any atom is -0.283 e. The molecule has 0 bridgehead atoms. The molecule has 8 heteroatoms. The average Bonchev–Trinajstić information content (AvgIpc) is 3.24. The van der Waals surface area contributed by atoms with Gasteiger partial charge in [0.25, 0.3) is 0 Å². The Morgan fingerprint density at radius 2 is 1.67 bits per heavy atom. The number of carbonyl (C=O) groups excluding carboxylic acids is 1. The number of sulfone groups is 1. The lowest BCUT2D eigenvalue weighted by molar-refractivity contribution is -0.118. The monoisotopic (exact) mass is 498 g/mol. The summed E-state index contributed by atoms with van der Waals surface area (Å²) in [6, 6.07) is 21.8. The Morgan fingerprint density at radius 3 is 2.30 bits per heavy atom. The van der Waals surface area contributed by atoms with Crippen molar-refractivity contribution < 1.29 is 13.2 Å². The Labute approximate surface area is 202 Å². The summed E-state index contributed by atoms with van der Waals surface area (Å²) in [5.41, 5.74) is 2.39. The van der Waals surface area contributed by atoms with Crippen molar-refractivity contribution in [3.05, 3.63) is 88.9 Å². The first kappa shape index (κ1) is 23.4. The van der Waals surface area contributed by atoms with Crippen molar-refractivity contribution in [3.63, 3.8) is 0 Å². The van der Waals surface area contributed by atoms with E-state index in [9.17, 15) is 13.2 Å². The third-order valence-electron chi connectivity index (χ3n) is 5.30. The van der Waals surface area contributed by atoms with Crippen LogP contribution in [0.15, 0.2) is 77.7 Å². The highest BCUT2D eigenvalue weighted by molar-refractivity contribution is 7.92. The van der Waals surface area contributed by atoms with Gasteiger partial charge in [-0.15, -0.1) is 0 Å². The van der Waals surface area contributed by atoms with Gasteiger partial charge in [-0.25, -0.2) is 13.4 Å². The van der Waals surface area contributed by atoms with Crippen LogP contribution in [-0.2, 0) is 27.6 Å². The first-order chi connectivity index (χ1) is 15.8. The van der Waals surface area contributed by atoms with Crippen LogP contribution in [0.1, 0.15) is 25.0 Å². The number of anilines is 1. The lowest BCUT2D eigenvalue weighted by Crippen LogP contribution is -2.31. The Kier molecular flexibility index (Phi) is 6.83. The second-order valence-electron chi connectivity index (χ2n) is 7.96. The van der Waals surface area contributed by atoms with E-state index in [0.717, 1.165) is 15.8 Å². The number of amides is 1. The quantitative estimate of drug-likeness (QED) is 0.318. The third kappa shape index (κ3) is 5.11. The van der Waals surface area contributed by atoms with Gasteiger partial charge < -0.3 is 0 Å². The summed E-state index contributed by atoms with van der Waals surface area (Å²) in [5, 5.41) is 0.618. The normalized spacial score (nSPS) is 11.8. The van der Waals surface area contributed by atoms with Crippen molar-refractivity contribution in [2.45, 2.75) is 37.0 Å². The standard InChI is InChI=1S/C25H23ClN2O3S2/c1-17(2)33(30,31)20-13-11-18(12-14-20)15-23(29)28(16-19-7-4-3-5-8-19)25-27-24-21(26)9-6-10-22(24)32-25/h3-14,17H,15-16H2,1-2H3. The van der Waals surface area contributed by atoms with Gasteiger partial charge in [-0.05, 0) is 49.2 Å². The van der Waals surface area contributed by atoms with Crippen LogP contribution >= 0.6 is 22.9 Å². The number of rotatable bonds is 7. The van der Waals surface area contributed by atoms with Crippen molar-refractivity contribution in [1.82, 2.24) is 4.98 Å². The summed E-state index contributed by atoms with van der Waals surface area (Å²) in [6.07, 6.45) is 0.124. The number of para-hydroxylation sites is 1. The molecule has 4 aromatic rings. The molecule has 0 atom stereocenters. The van der Waals surface area contributed by atoms with Gasteiger partial charge in [-0.1, -0.05) is 71.5 Å². The van der Waals surface area contributed by atoms with E-state index in [1.165, 1.54) is 11.3 Å².